The van der Waals surface area contributed by atoms with Crippen molar-refractivity contribution < 1.29 is 19.1 Å². The number of anilines is 1. The van der Waals surface area contributed by atoms with E-state index in [0.29, 0.717) is 46.9 Å². The molecule has 0 radical (unpaired) electrons. The molecule has 1 aliphatic heterocycles. The Balaban J connectivity index is 1.53. The molecule has 0 aromatic heterocycles. The molecule has 3 aliphatic rings. The summed E-state index contributed by atoms with van der Waals surface area (Å²) >= 11 is 0. The maximum absolute atomic E-state index is 13.2. The lowest BCUT2D eigenvalue weighted by molar-refractivity contribution is -0.117. The minimum Gasteiger partial charge on any atom is -0.493 e. The number of hydrogen-bond acceptors (Lipinski definition) is 4. The van der Waals surface area contributed by atoms with Gasteiger partial charge in [0.05, 0.1) is 19.9 Å². The van der Waals surface area contributed by atoms with E-state index in [0.717, 1.165) is 25.9 Å². The fourth-order valence-electron chi connectivity index (χ4n) is 5.44. The molecule has 6 nitrogen and oxygen atoms in total. The minimum atomic E-state index is -0.0300. The molecule has 0 spiro atoms. The topological polar surface area (TPSA) is 67.9 Å². The first-order valence-electron chi connectivity index (χ1n) is 10.9. The van der Waals surface area contributed by atoms with Crippen molar-refractivity contribution in [2.24, 2.45) is 17.8 Å². The Kier molecular flexibility index (Phi) is 5.97. The third-order valence-electron chi connectivity index (χ3n) is 6.96. The zero-order chi connectivity index (χ0) is 20.4. The molecule has 2 amide bonds. The molecule has 2 aliphatic carbocycles. The molecule has 3 fully saturated rings. The molecule has 6 heteroatoms. The van der Waals surface area contributed by atoms with Crippen LogP contribution in [0.3, 0.4) is 0 Å². The second kappa shape index (κ2) is 8.64. The maximum Gasteiger partial charge on any atom is 0.254 e. The Hall–Kier alpha value is -2.24. The van der Waals surface area contributed by atoms with E-state index in [1.54, 1.807) is 26.4 Å². The lowest BCUT2D eigenvalue weighted by atomic mass is 10.0. The molecule has 1 aromatic carbocycles. The van der Waals surface area contributed by atoms with Crippen molar-refractivity contribution in [1.82, 2.24) is 4.90 Å². The number of methoxy groups -OCH3 is 2. The lowest BCUT2D eigenvalue weighted by Gasteiger charge is -2.20. The Labute approximate surface area is 172 Å². The summed E-state index contributed by atoms with van der Waals surface area (Å²) < 4.78 is 11.0. The van der Waals surface area contributed by atoms with Gasteiger partial charge in [-0.2, -0.15) is 0 Å². The Morgan fingerprint density at radius 3 is 2.31 bits per heavy atom. The molecule has 0 bridgehead atoms. The molecule has 29 heavy (non-hydrogen) atoms. The first-order chi connectivity index (χ1) is 14.1. The van der Waals surface area contributed by atoms with E-state index >= 15 is 0 Å². The third-order valence-corrected chi connectivity index (χ3v) is 6.96. The van der Waals surface area contributed by atoms with Crippen LogP contribution in [0.1, 0.15) is 61.7 Å². The van der Waals surface area contributed by atoms with Gasteiger partial charge in [0.2, 0.25) is 5.91 Å². The quantitative estimate of drug-likeness (QED) is 0.781. The van der Waals surface area contributed by atoms with Crippen LogP contribution in [0.5, 0.6) is 11.5 Å². The standard InChI is InChI=1S/C23H32N2O4/c1-28-20-12-18(23(27)25-13-16-8-5-9-17(16)14-25)11-19(22(20)29-2)24-21(26)10-15-6-3-4-7-15/h11-12,15-17H,3-10,13-14H2,1-2H3,(H,24,26)/t16-,17+. The summed E-state index contributed by atoms with van der Waals surface area (Å²) in [6.45, 7) is 1.67. The van der Waals surface area contributed by atoms with E-state index in [2.05, 4.69) is 5.32 Å². The minimum absolute atomic E-state index is 0.00615. The number of hydrogen-bond donors (Lipinski definition) is 1. The molecule has 0 unspecified atom stereocenters. The van der Waals surface area contributed by atoms with E-state index < -0.39 is 0 Å². The normalized spacial score (nSPS) is 23.9. The fraction of sp³-hybridized carbons (Fsp3) is 0.652. The zero-order valence-electron chi connectivity index (χ0n) is 17.5. The van der Waals surface area contributed by atoms with E-state index in [9.17, 15) is 9.59 Å². The maximum atomic E-state index is 13.2. The zero-order valence-corrected chi connectivity index (χ0v) is 17.5. The van der Waals surface area contributed by atoms with Crippen molar-refractivity contribution in [3.8, 4) is 11.5 Å². The number of nitrogens with one attached hydrogen (secondary N) is 1. The smallest absolute Gasteiger partial charge is 0.254 e. The number of ether oxygens (including phenoxy) is 2. The number of benzene rings is 1. The number of amides is 2. The lowest BCUT2D eigenvalue weighted by Crippen LogP contribution is -2.29. The number of carbonyl (C=O) groups excluding carboxylic acids is 2. The number of nitrogens with zero attached hydrogens (tertiary/aromatic N) is 1. The first kappa shape index (κ1) is 20.0. The average Bonchev–Trinajstić information content (AvgIpc) is 3.44. The van der Waals surface area contributed by atoms with Crippen molar-refractivity contribution in [2.45, 2.75) is 51.4 Å². The van der Waals surface area contributed by atoms with E-state index in [1.807, 2.05) is 4.90 Å². The highest BCUT2D eigenvalue weighted by atomic mass is 16.5. The summed E-state index contributed by atoms with van der Waals surface area (Å²) in [6, 6.07) is 3.46. The highest BCUT2D eigenvalue weighted by Gasteiger charge is 2.38. The first-order valence-corrected chi connectivity index (χ1v) is 10.9. The van der Waals surface area contributed by atoms with Crippen molar-refractivity contribution in [3.63, 3.8) is 0 Å². The Bertz CT molecular complexity index is 760. The van der Waals surface area contributed by atoms with Gasteiger partial charge < -0.3 is 19.7 Å². The number of fused-ring (bicyclic) bond motifs is 1. The number of likely N-dealkylation sites (tertiary alicyclic amines) is 1. The highest BCUT2D eigenvalue weighted by molar-refractivity contribution is 5.99. The molecular weight excluding hydrogens is 368 g/mol. The summed E-state index contributed by atoms with van der Waals surface area (Å²) in [6.07, 6.45) is 8.89. The molecule has 4 rings (SSSR count). The summed E-state index contributed by atoms with van der Waals surface area (Å²) in [5.74, 6) is 2.64. The van der Waals surface area contributed by atoms with Crippen LogP contribution in [0.15, 0.2) is 12.1 Å². The SMILES string of the molecule is COc1cc(C(=O)N2C[C@H]3CCC[C@H]3C2)cc(NC(=O)CC2CCCC2)c1OC. The van der Waals surface area contributed by atoms with Crippen LogP contribution in [-0.4, -0.2) is 44.0 Å². The van der Waals surface area contributed by atoms with Crippen molar-refractivity contribution in [2.75, 3.05) is 32.6 Å². The van der Waals surface area contributed by atoms with Crippen LogP contribution in [-0.2, 0) is 4.79 Å². The van der Waals surface area contributed by atoms with Crippen LogP contribution in [0.25, 0.3) is 0 Å². The van der Waals surface area contributed by atoms with Gasteiger partial charge in [-0.3, -0.25) is 9.59 Å². The van der Waals surface area contributed by atoms with E-state index in [-0.39, 0.29) is 11.8 Å². The van der Waals surface area contributed by atoms with Gasteiger partial charge in [0.25, 0.3) is 5.91 Å². The van der Waals surface area contributed by atoms with Crippen molar-refractivity contribution in [3.05, 3.63) is 17.7 Å². The summed E-state index contributed by atoms with van der Waals surface area (Å²) in [5, 5.41) is 2.97. The largest absolute Gasteiger partial charge is 0.493 e. The Morgan fingerprint density at radius 1 is 1.00 bits per heavy atom. The molecule has 1 saturated heterocycles. The highest BCUT2D eigenvalue weighted by Crippen LogP contribution is 2.40. The predicted molar refractivity (Wildman–Crippen MR) is 111 cm³/mol. The molecule has 1 N–H and O–H groups in total. The number of carbonyl (C=O) groups is 2. The van der Waals surface area contributed by atoms with Gasteiger partial charge in [0.15, 0.2) is 11.5 Å². The van der Waals surface area contributed by atoms with Gasteiger partial charge in [-0.15, -0.1) is 0 Å². The molecule has 1 heterocycles. The monoisotopic (exact) mass is 400 g/mol. The molecule has 2 saturated carbocycles. The summed E-state index contributed by atoms with van der Waals surface area (Å²) in [4.78, 5) is 27.7. The van der Waals surface area contributed by atoms with Gasteiger partial charge >= 0.3 is 0 Å². The van der Waals surface area contributed by atoms with Crippen LogP contribution in [0.2, 0.25) is 0 Å². The molecule has 2 atom stereocenters. The average molecular weight is 401 g/mol. The molecular formula is C23H32N2O4. The van der Waals surface area contributed by atoms with Crippen LogP contribution >= 0.6 is 0 Å². The van der Waals surface area contributed by atoms with Gasteiger partial charge in [0.1, 0.15) is 0 Å². The second-order valence-corrected chi connectivity index (χ2v) is 8.82. The van der Waals surface area contributed by atoms with E-state index in [1.165, 1.54) is 32.1 Å². The van der Waals surface area contributed by atoms with Gasteiger partial charge in [-0.25, -0.2) is 0 Å². The van der Waals surface area contributed by atoms with Gasteiger partial charge in [-0.1, -0.05) is 19.3 Å². The van der Waals surface area contributed by atoms with Crippen molar-refractivity contribution >= 4 is 17.5 Å². The molecule has 1 aromatic rings. The van der Waals surface area contributed by atoms with Crippen LogP contribution in [0, 0.1) is 17.8 Å². The van der Waals surface area contributed by atoms with Crippen LogP contribution < -0.4 is 14.8 Å². The van der Waals surface area contributed by atoms with Crippen molar-refractivity contribution in [1.29, 1.82) is 0 Å². The summed E-state index contributed by atoms with van der Waals surface area (Å²) in [5.41, 5.74) is 1.05. The van der Waals surface area contributed by atoms with Gasteiger partial charge in [0, 0.05) is 25.1 Å². The molecule has 158 valence electrons. The van der Waals surface area contributed by atoms with Gasteiger partial charge in [-0.05, 0) is 55.6 Å². The summed E-state index contributed by atoms with van der Waals surface area (Å²) in [7, 11) is 3.10. The second-order valence-electron chi connectivity index (χ2n) is 8.82. The van der Waals surface area contributed by atoms with Crippen LogP contribution in [0.4, 0.5) is 5.69 Å². The third kappa shape index (κ3) is 4.21. The van der Waals surface area contributed by atoms with E-state index in [4.69, 9.17) is 9.47 Å². The number of rotatable bonds is 6. The fourth-order valence-corrected chi connectivity index (χ4v) is 5.44. The Morgan fingerprint density at radius 2 is 1.69 bits per heavy atom. The predicted octanol–water partition coefficient (Wildman–Crippen LogP) is 4.09.